The maximum Gasteiger partial charge on any atom is 0.337 e. The summed E-state index contributed by atoms with van der Waals surface area (Å²) < 4.78 is 4.69. The average Bonchev–Trinajstić information content (AvgIpc) is 2.64. The van der Waals surface area contributed by atoms with Gasteiger partial charge in [-0.15, -0.1) is 0 Å². The predicted molar refractivity (Wildman–Crippen MR) is 95.4 cm³/mol. The molecule has 0 spiro atoms. The number of hydrogen-bond acceptors (Lipinski definition) is 6. The van der Waals surface area contributed by atoms with E-state index in [4.69, 9.17) is 11.6 Å². The van der Waals surface area contributed by atoms with Gasteiger partial charge in [0.15, 0.2) is 0 Å². The normalized spacial score (nSPS) is 10.2. The van der Waals surface area contributed by atoms with Gasteiger partial charge in [0.05, 0.1) is 35.8 Å². The lowest BCUT2D eigenvalue weighted by Crippen LogP contribution is -2.31. The van der Waals surface area contributed by atoms with Crippen LogP contribution in [0.15, 0.2) is 30.6 Å². The molecule has 1 N–H and O–H groups in total. The van der Waals surface area contributed by atoms with Gasteiger partial charge in [0, 0.05) is 13.1 Å². The first-order valence-electron chi connectivity index (χ1n) is 7.76. The molecule has 2 rings (SSSR count). The Labute approximate surface area is 151 Å². The van der Waals surface area contributed by atoms with Crippen LogP contribution in [-0.2, 0) is 4.74 Å². The molecule has 0 saturated heterocycles. The number of rotatable bonds is 6. The minimum Gasteiger partial charge on any atom is -0.465 e. The van der Waals surface area contributed by atoms with Crippen LogP contribution >= 0.6 is 11.6 Å². The fraction of sp³-hybridized carbons (Fsp3) is 0.294. The smallest absolute Gasteiger partial charge is 0.337 e. The standard InChI is InChI=1S/C17H19ClN4O3/c1-4-22(5-2)16(23)14-9-20-15(10-19-14)21-13-8-11(17(24)25-3)6-7-12(13)18/h6-10H,4-5H2,1-3H3,(H,20,21). The molecule has 0 radical (unpaired) electrons. The second-order valence-electron chi connectivity index (χ2n) is 5.08. The van der Waals surface area contributed by atoms with E-state index in [9.17, 15) is 9.59 Å². The largest absolute Gasteiger partial charge is 0.465 e. The SMILES string of the molecule is CCN(CC)C(=O)c1cnc(Nc2cc(C(=O)OC)ccc2Cl)cn1. The molecule has 1 aromatic heterocycles. The lowest BCUT2D eigenvalue weighted by Gasteiger charge is -2.17. The van der Waals surface area contributed by atoms with Crippen LogP contribution in [0.4, 0.5) is 11.5 Å². The molecular formula is C17H19ClN4O3. The molecule has 0 atom stereocenters. The van der Waals surface area contributed by atoms with Crippen molar-refractivity contribution in [2.24, 2.45) is 0 Å². The van der Waals surface area contributed by atoms with E-state index >= 15 is 0 Å². The Morgan fingerprint density at radius 1 is 1.20 bits per heavy atom. The number of nitrogens with one attached hydrogen (secondary N) is 1. The molecule has 1 aromatic carbocycles. The van der Waals surface area contributed by atoms with Gasteiger partial charge in [0.1, 0.15) is 11.5 Å². The Kier molecular flexibility index (Phi) is 6.30. The topological polar surface area (TPSA) is 84.4 Å². The third-order valence-electron chi connectivity index (χ3n) is 3.57. The zero-order valence-corrected chi connectivity index (χ0v) is 15.0. The first-order valence-corrected chi connectivity index (χ1v) is 8.14. The van der Waals surface area contributed by atoms with Crippen molar-refractivity contribution >= 4 is 35.0 Å². The number of benzene rings is 1. The van der Waals surface area contributed by atoms with Crippen molar-refractivity contribution in [3.8, 4) is 0 Å². The zero-order chi connectivity index (χ0) is 18.4. The maximum atomic E-state index is 12.2. The van der Waals surface area contributed by atoms with E-state index in [1.165, 1.54) is 19.5 Å². The summed E-state index contributed by atoms with van der Waals surface area (Å²) in [4.78, 5) is 33.8. The summed E-state index contributed by atoms with van der Waals surface area (Å²) in [5.74, 6) is -0.235. The molecule has 1 heterocycles. The summed E-state index contributed by atoms with van der Waals surface area (Å²) in [6.45, 7) is 5.02. The quantitative estimate of drug-likeness (QED) is 0.795. The monoisotopic (exact) mass is 362 g/mol. The van der Waals surface area contributed by atoms with Crippen molar-refractivity contribution in [2.45, 2.75) is 13.8 Å². The number of carbonyl (C=O) groups excluding carboxylic acids is 2. The molecule has 0 fully saturated rings. The van der Waals surface area contributed by atoms with E-state index in [-0.39, 0.29) is 11.6 Å². The Morgan fingerprint density at radius 3 is 2.48 bits per heavy atom. The number of ether oxygens (including phenoxy) is 1. The van der Waals surface area contributed by atoms with E-state index in [1.54, 1.807) is 23.1 Å². The molecule has 1 amide bonds. The molecular weight excluding hydrogens is 344 g/mol. The van der Waals surface area contributed by atoms with Gasteiger partial charge in [-0.25, -0.2) is 14.8 Å². The highest BCUT2D eigenvalue weighted by atomic mass is 35.5. The molecule has 25 heavy (non-hydrogen) atoms. The molecule has 8 heteroatoms. The molecule has 0 saturated carbocycles. The van der Waals surface area contributed by atoms with Crippen molar-refractivity contribution in [1.82, 2.24) is 14.9 Å². The molecule has 0 unspecified atom stereocenters. The number of methoxy groups -OCH3 is 1. The van der Waals surface area contributed by atoms with Crippen LogP contribution in [0.2, 0.25) is 5.02 Å². The Bertz CT molecular complexity index is 761. The number of aromatic nitrogens is 2. The van der Waals surface area contributed by atoms with Gasteiger partial charge in [-0.3, -0.25) is 4.79 Å². The van der Waals surface area contributed by atoms with Gasteiger partial charge in [0.2, 0.25) is 0 Å². The fourth-order valence-corrected chi connectivity index (χ4v) is 2.34. The Morgan fingerprint density at radius 2 is 1.92 bits per heavy atom. The number of esters is 1. The minimum atomic E-state index is -0.467. The highest BCUT2D eigenvalue weighted by Gasteiger charge is 2.15. The number of carbonyl (C=O) groups is 2. The Balaban J connectivity index is 2.19. The third-order valence-corrected chi connectivity index (χ3v) is 3.90. The van der Waals surface area contributed by atoms with Gasteiger partial charge >= 0.3 is 5.97 Å². The van der Waals surface area contributed by atoms with Crippen LogP contribution in [0.5, 0.6) is 0 Å². The van der Waals surface area contributed by atoms with Gasteiger partial charge in [-0.05, 0) is 32.0 Å². The fourth-order valence-electron chi connectivity index (χ4n) is 2.18. The second-order valence-corrected chi connectivity index (χ2v) is 5.48. The van der Waals surface area contributed by atoms with E-state index in [0.29, 0.717) is 35.2 Å². The molecule has 0 aliphatic heterocycles. The van der Waals surface area contributed by atoms with Crippen LogP contribution in [0.1, 0.15) is 34.7 Å². The molecule has 0 aliphatic carbocycles. The summed E-state index contributed by atoms with van der Waals surface area (Å²) >= 11 is 6.13. The molecule has 2 aromatic rings. The number of anilines is 2. The van der Waals surface area contributed by atoms with Gasteiger partial charge in [0.25, 0.3) is 5.91 Å². The van der Waals surface area contributed by atoms with Crippen molar-refractivity contribution < 1.29 is 14.3 Å². The van der Waals surface area contributed by atoms with Crippen LogP contribution in [-0.4, -0.2) is 46.9 Å². The van der Waals surface area contributed by atoms with Gasteiger partial charge in [-0.2, -0.15) is 0 Å². The van der Waals surface area contributed by atoms with Crippen LogP contribution < -0.4 is 5.32 Å². The van der Waals surface area contributed by atoms with E-state index < -0.39 is 5.97 Å². The number of amides is 1. The van der Waals surface area contributed by atoms with Gasteiger partial charge in [-0.1, -0.05) is 11.6 Å². The number of halogens is 1. The van der Waals surface area contributed by atoms with Crippen molar-refractivity contribution in [3.05, 3.63) is 46.9 Å². The average molecular weight is 363 g/mol. The van der Waals surface area contributed by atoms with Crippen LogP contribution in [0, 0.1) is 0 Å². The Hall–Kier alpha value is -2.67. The lowest BCUT2D eigenvalue weighted by atomic mass is 10.2. The molecule has 0 aliphatic rings. The highest BCUT2D eigenvalue weighted by molar-refractivity contribution is 6.33. The van der Waals surface area contributed by atoms with E-state index in [2.05, 4.69) is 20.0 Å². The van der Waals surface area contributed by atoms with E-state index in [1.807, 2.05) is 13.8 Å². The summed E-state index contributed by atoms with van der Waals surface area (Å²) in [5, 5.41) is 3.39. The van der Waals surface area contributed by atoms with Crippen molar-refractivity contribution in [1.29, 1.82) is 0 Å². The summed E-state index contributed by atoms with van der Waals surface area (Å²) in [6.07, 6.45) is 2.85. The first kappa shape index (κ1) is 18.7. The van der Waals surface area contributed by atoms with Crippen LogP contribution in [0.3, 0.4) is 0 Å². The van der Waals surface area contributed by atoms with E-state index in [0.717, 1.165) is 0 Å². The summed E-state index contributed by atoms with van der Waals surface area (Å²) in [6, 6.07) is 4.71. The first-order chi connectivity index (χ1) is 12.0. The summed E-state index contributed by atoms with van der Waals surface area (Å²) in [7, 11) is 1.31. The predicted octanol–water partition coefficient (Wildman–Crippen LogP) is 3.14. The third kappa shape index (κ3) is 4.45. The van der Waals surface area contributed by atoms with Crippen molar-refractivity contribution in [2.75, 3.05) is 25.5 Å². The second kappa shape index (κ2) is 8.43. The van der Waals surface area contributed by atoms with Gasteiger partial charge < -0.3 is 15.0 Å². The number of nitrogens with zero attached hydrogens (tertiary/aromatic N) is 3. The lowest BCUT2D eigenvalue weighted by molar-refractivity contribution is 0.0600. The summed E-state index contributed by atoms with van der Waals surface area (Å²) in [5.41, 5.74) is 1.11. The highest BCUT2D eigenvalue weighted by Crippen LogP contribution is 2.26. The van der Waals surface area contributed by atoms with Crippen molar-refractivity contribution in [3.63, 3.8) is 0 Å². The minimum absolute atomic E-state index is 0.172. The van der Waals surface area contributed by atoms with Crippen LogP contribution in [0.25, 0.3) is 0 Å². The maximum absolute atomic E-state index is 12.2. The molecule has 7 nitrogen and oxygen atoms in total. The zero-order valence-electron chi connectivity index (χ0n) is 14.2. The molecule has 0 bridgehead atoms. The number of hydrogen-bond donors (Lipinski definition) is 1. The molecule has 132 valence electrons.